The lowest BCUT2D eigenvalue weighted by Gasteiger charge is -2.09. The molecule has 0 saturated carbocycles. The third-order valence-electron chi connectivity index (χ3n) is 4.07. The Labute approximate surface area is 148 Å². The summed E-state index contributed by atoms with van der Waals surface area (Å²) in [5.74, 6) is 0.673. The maximum Gasteiger partial charge on any atom is 0.251 e. The van der Waals surface area contributed by atoms with Crippen LogP contribution in [-0.4, -0.2) is 22.4 Å². The lowest BCUT2D eigenvalue weighted by atomic mass is 10.1. The normalized spacial score (nSPS) is 10.5. The van der Waals surface area contributed by atoms with Crippen LogP contribution in [-0.2, 0) is 6.42 Å². The average Bonchev–Trinajstić information content (AvgIpc) is 2.65. The van der Waals surface area contributed by atoms with Crippen molar-refractivity contribution in [2.75, 3.05) is 6.54 Å². The number of hydrogen-bond acceptors (Lipinski definition) is 3. The van der Waals surface area contributed by atoms with Crippen molar-refractivity contribution < 1.29 is 4.79 Å². The maximum atomic E-state index is 12.3. The van der Waals surface area contributed by atoms with Crippen LogP contribution in [0.15, 0.2) is 60.9 Å². The number of hydrogen-bond donors (Lipinski definition) is 1. The van der Waals surface area contributed by atoms with Crippen LogP contribution in [0.25, 0.3) is 11.4 Å². The molecule has 4 nitrogen and oxygen atoms in total. The Morgan fingerprint density at radius 2 is 1.72 bits per heavy atom. The van der Waals surface area contributed by atoms with Gasteiger partial charge in [0.05, 0.1) is 0 Å². The molecule has 0 aliphatic carbocycles. The Hall–Kier alpha value is -3.01. The minimum absolute atomic E-state index is 0.0389. The Balaban J connectivity index is 1.57. The van der Waals surface area contributed by atoms with Gasteiger partial charge in [-0.05, 0) is 37.5 Å². The largest absolute Gasteiger partial charge is 0.352 e. The second-order valence-corrected chi connectivity index (χ2v) is 6.11. The molecule has 4 heteroatoms. The second kappa shape index (κ2) is 7.71. The van der Waals surface area contributed by atoms with Gasteiger partial charge in [-0.25, -0.2) is 9.97 Å². The predicted octanol–water partition coefficient (Wildman–Crippen LogP) is 3.73. The van der Waals surface area contributed by atoms with E-state index in [1.165, 1.54) is 0 Å². The summed E-state index contributed by atoms with van der Waals surface area (Å²) in [6, 6.07) is 15.8. The molecule has 0 spiro atoms. The molecule has 0 radical (unpaired) electrons. The van der Waals surface area contributed by atoms with Crippen LogP contribution in [0.1, 0.15) is 27.0 Å². The molecule has 0 atom stereocenters. The molecule has 1 amide bonds. The van der Waals surface area contributed by atoms with Crippen LogP contribution >= 0.6 is 0 Å². The number of amides is 1. The molecular weight excluding hydrogens is 310 g/mol. The van der Waals surface area contributed by atoms with Gasteiger partial charge in [0.25, 0.3) is 5.91 Å². The lowest BCUT2D eigenvalue weighted by molar-refractivity contribution is 0.0953. The molecule has 1 aromatic heterocycles. The van der Waals surface area contributed by atoms with E-state index in [4.69, 9.17) is 0 Å². The fourth-order valence-corrected chi connectivity index (χ4v) is 2.62. The van der Waals surface area contributed by atoms with Gasteiger partial charge < -0.3 is 5.32 Å². The first-order chi connectivity index (χ1) is 12.1. The number of nitrogens with zero attached hydrogens (tertiary/aromatic N) is 2. The maximum absolute atomic E-state index is 12.3. The quantitative estimate of drug-likeness (QED) is 0.775. The van der Waals surface area contributed by atoms with Crippen molar-refractivity contribution in [1.29, 1.82) is 0 Å². The third kappa shape index (κ3) is 4.29. The summed E-state index contributed by atoms with van der Waals surface area (Å²) in [5.41, 5.74) is 4.80. The fourth-order valence-electron chi connectivity index (χ4n) is 2.62. The fraction of sp³-hybridized carbons (Fsp3) is 0.190. The van der Waals surface area contributed by atoms with Crippen LogP contribution in [0.3, 0.4) is 0 Å². The van der Waals surface area contributed by atoms with Crippen LogP contribution in [0.5, 0.6) is 0 Å². The van der Waals surface area contributed by atoms with E-state index in [-0.39, 0.29) is 5.91 Å². The average molecular weight is 331 g/mol. The van der Waals surface area contributed by atoms with Gasteiger partial charge in [0.2, 0.25) is 0 Å². The van der Waals surface area contributed by atoms with Crippen molar-refractivity contribution in [3.8, 4) is 11.4 Å². The van der Waals surface area contributed by atoms with Gasteiger partial charge >= 0.3 is 0 Å². The summed E-state index contributed by atoms with van der Waals surface area (Å²) in [6.07, 6.45) is 4.34. The van der Waals surface area contributed by atoms with Gasteiger partial charge in [0.15, 0.2) is 5.82 Å². The predicted molar refractivity (Wildman–Crippen MR) is 99.4 cm³/mol. The van der Waals surface area contributed by atoms with Gasteiger partial charge in [-0.1, -0.05) is 48.0 Å². The van der Waals surface area contributed by atoms with Gasteiger partial charge in [-0.3, -0.25) is 4.79 Å². The molecule has 126 valence electrons. The molecule has 0 fully saturated rings. The number of benzene rings is 2. The Bertz CT molecular complexity index is 858. The Morgan fingerprint density at radius 1 is 1.00 bits per heavy atom. The van der Waals surface area contributed by atoms with Crippen molar-refractivity contribution >= 4 is 5.91 Å². The Morgan fingerprint density at radius 3 is 2.44 bits per heavy atom. The second-order valence-electron chi connectivity index (χ2n) is 6.11. The number of aryl methyl sites for hydroxylation is 2. The van der Waals surface area contributed by atoms with E-state index >= 15 is 0 Å². The molecule has 3 rings (SSSR count). The standard InChI is InChI=1S/C21H21N3O/c1-15-8-9-16(2)19(12-15)21(25)22-11-10-17-13-23-20(24-14-17)18-6-4-3-5-7-18/h3-9,12-14H,10-11H2,1-2H3,(H,22,25). The molecule has 2 aromatic carbocycles. The van der Waals surface area contributed by atoms with Gasteiger partial charge in [0.1, 0.15) is 0 Å². The van der Waals surface area contributed by atoms with E-state index in [0.717, 1.165) is 27.8 Å². The number of carbonyl (C=O) groups excluding carboxylic acids is 1. The first-order valence-electron chi connectivity index (χ1n) is 8.35. The van der Waals surface area contributed by atoms with E-state index in [1.54, 1.807) is 0 Å². The summed E-state index contributed by atoms with van der Waals surface area (Å²) in [5, 5.41) is 2.97. The highest BCUT2D eigenvalue weighted by molar-refractivity contribution is 5.95. The smallest absolute Gasteiger partial charge is 0.251 e. The minimum atomic E-state index is -0.0389. The highest BCUT2D eigenvalue weighted by Gasteiger charge is 2.08. The summed E-state index contributed by atoms with van der Waals surface area (Å²) < 4.78 is 0. The van der Waals surface area contributed by atoms with Crippen LogP contribution in [0.2, 0.25) is 0 Å². The number of carbonyl (C=O) groups is 1. The molecule has 1 N–H and O–H groups in total. The summed E-state index contributed by atoms with van der Waals surface area (Å²) in [6.45, 7) is 4.49. The molecule has 0 bridgehead atoms. The number of nitrogens with one attached hydrogen (secondary N) is 1. The molecule has 25 heavy (non-hydrogen) atoms. The van der Waals surface area contributed by atoms with Crippen LogP contribution < -0.4 is 5.32 Å². The lowest BCUT2D eigenvalue weighted by Crippen LogP contribution is -2.26. The highest BCUT2D eigenvalue weighted by Crippen LogP contribution is 2.13. The van der Waals surface area contributed by atoms with Crippen molar-refractivity contribution in [1.82, 2.24) is 15.3 Å². The van der Waals surface area contributed by atoms with E-state index in [0.29, 0.717) is 18.8 Å². The highest BCUT2D eigenvalue weighted by atomic mass is 16.1. The summed E-state index contributed by atoms with van der Waals surface area (Å²) in [7, 11) is 0. The third-order valence-corrected chi connectivity index (χ3v) is 4.07. The molecular formula is C21H21N3O. The monoisotopic (exact) mass is 331 g/mol. The zero-order valence-corrected chi connectivity index (χ0v) is 14.5. The molecule has 0 saturated heterocycles. The first-order valence-corrected chi connectivity index (χ1v) is 8.35. The van der Waals surface area contributed by atoms with E-state index in [1.807, 2.05) is 74.8 Å². The van der Waals surface area contributed by atoms with E-state index in [2.05, 4.69) is 15.3 Å². The molecule has 1 heterocycles. The first kappa shape index (κ1) is 16.8. The molecule has 0 aliphatic rings. The van der Waals surface area contributed by atoms with Crippen molar-refractivity contribution in [3.05, 3.63) is 83.2 Å². The minimum Gasteiger partial charge on any atom is -0.352 e. The molecule has 0 unspecified atom stereocenters. The van der Waals surface area contributed by atoms with Gasteiger partial charge in [-0.2, -0.15) is 0 Å². The van der Waals surface area contributed by atoms with E-state index in [9.17, 15) is 4.79 Å². The van der Waals surface area contributed by atoms with E-state index < -0.39 is 0 Å². The Kier molecular flexibility index (Phi) is 5.19. The molecule has 3 aromatic rings. The van der Waals surface area contributed by atoms with Crippen molar-refractivity contribution in [3.63, 3.8) is 0 Å². The zero-order valence-electron chi connectivity index (χ0n) is 14.5. The zero-order chi connectivity index (χ0) is 17.6. The number of aromatic nitrogens is 2. The summed E-state index contributed by atoms with van der Waals surface area (Å²) in [4.78, 5) is 21.1. The van der Waals surface area contributed by atoms with Crippen molar-refractivity contribution in [2.24, 2.45) is 0 Å². The van der Waals surface area contributed by atoms with Crippen molar-refractivity contribution in [2.45, 2.75) is 20.3 Å². The van der Waals surface area contributed by atoms with Gasteiger partial charge in [-0.15, -0.1) is 0 Å². The molecule has 0 aliphatic heterocycles. The summed E-state index contributed by atoms with van der Waals surface area (Å²) >= 11 is 0. The number of rotatable bonds is 5. The topological polar surface area (TPSA) is 54.9 Å². The SMILES string of the molecule is Cc1ccc(C)c(C(=O)NCCc2cnc(-c3ccccc3)nc2)c1. The van der Waals surface area contributed by atoms with Crippen LogP contribution in [0, 0.1) is 13.8 Å². The van der Waals surface area contributed by atoms with Gasteiger partial charge in [0, 0.05) is 30.1 Å². The van der Waals surface area contributed by atoms with Crippen LogP contribution in [0.4, 0.5) is 0 Å².